The summed E-state index contributed by atoms with van der Waals surface area (Å²) in [5.74, 6) is 0.181. The Bertz CT molecular complexity index is 456. The van der Waals surface area contributed by atoms with Crippen LogP contribution in [0.25, 0.3) is 0 Å². The van der Waals surface area contributed by atoms with Gasteiger partial charge in [0.15, 0.2) is 0 Å². The molecule has 14 heavy (non-hydrogen) atoms. The van der Waals surface area contributed by atoms with Gasteiger partial charge >= 0.3 is 0 Å². The van der Waals surface area contributed by atoms with E-state index in [1.807, 2.05) is 0 Å². The van der Waals surface area contributed by atoms with E-state index in [1.165, 1.54) is 23.4 Å². The molecule has 0 saturated heterocycles. The summed E-state index contributed by atoms with van der Waals surface area (Å²) in [4.78, 5) is 11.7. The van der Waals surface area contributed by atoms with E-state index < -0.39 is 0 Å². The van der Waals surface area contributed by atoms with Crippen LogP contribution < -0.4 is 5.73 Å². The molecule has 0 radical (unpaired) electrons. The van der Waals surface area contributed by atoms with E-state index in [4.69, 9.17) is 10.2 Å². The lowest BCUT2D eigenvalue weighted by molar-refractivity contribution is 0.103. The topological polar surface area (TPSA) is 74.0 Å². The monoisotopic (exact) mass is 191 g/mol. The summed E-state index contributed by atoms with van der Waals surface area (Å²) < 4.78 is 6.27. The van der Waals surface area contributed by atoms with Crippen molar-refractivity contribution >= 4 is 11.6 Å². The van der Waals surface area contributed by atoms with E-state index in [1.54, 1.807) is 13.1 Å². The number of rotatable bonds is 2. The quantitative estimate of drug-likeness (QED) is 0.713. The maximum atomic E-state index is 11.7. The lowest BCUT2D eigenvalue weighted by Crippen LogP contribution is -2.05. The molecule has 72 valence electrons. The first-order valence-electron chi connectivity index (χ1n) is 4.04. The zero-order valence-electron chi connectivity index (χ0n) is 7.60. The van der Waals surface area contributed by atoms with E-state index in [9.17, 15) is 4.79 Å². The Hall–Kier alpha value is -2.04. The molecule has 0 spiro atoms. The van der Waals surface area contributed by atoms with Crippen molar-refractivity contribution in [3.05, 3.63) is 35.9 Å². The summed E-state index contributed by atoms with van der Waals surface area (Å²) in [7, 11) is 1.68. The van der Waals surface area contributed by atoms with Crippen molar-refractivity contribution in [2.24, 2.45) is 7.05 Å². The first-order valence-corrected chi connectivity index (χ1v) is 4.04. The fourth-order valence-electron chi connectivity index (χ4n) is 1.17. The minimum absolute atomic E-state index is 0.177. The van der Waals surface area contributed by atoms with Gasteiger partial charge in [-0.05, 0) is 6.07 Å². The average molecular weight is 191 g/mol. The van der Waals surface area contributed by atoms with Crippen molar-refractivity contribution in [3.63, 3.8) is 0 Å². The lowest BCUT2D eigenvalue weighted by Gasteiger charge is -1.96. The maximum absolute atomic E-state index is 11.7. The van der Waals surface area contributed by atoms with E-state index in [2.05, 4.69) is 5.10 Å². The second kappa shape index (κ2) is 3.02. The lowest BCUT2D eigenvalue weighted by atomic mass is 10.1. The summed E-state index contributed by atoms with van der Waals surface area (Å²) in [5.41, 5.74) is 6.53. The van der Waals surface area contributed by atoms with Gasteiger partial charge in [-0.2, -0.15) is 5.10 Å². The van der Waals surface area contributed by atoms with Crippen LogP contribution in [-0.2, 0) is 7.05 Å². The Balaban J connectivity index is 2.42. The van der Waals surface area contributed by atoms with Crippen LogP contribution in [0, 0.1) is 0 Å². The third-order valence-electron chi connectivity index (χ3n) is 2.01. The van der Waals surface area contributed by atoms with E-state index in [0.717, 1.165) is 0 Å². The van der Waals surface area contributed by atoms with Gasteiger partial charge in [-0.25, -0.2) is 0 Å². The minimum atomic E-state index is -0.177. The maximum Gasteiger partial charge on any atom is 0.201 e. The highest BCUT2D eigenvalue weighted by Gasteiger charge is 2.16. The highest BCUT2D eigenvalue weighted by atomic mass is 16.3. The number of aryl methyl sites for hydroxylation is 1. The van der Waals surface area contributed by atoms with Crippen molar-refractivity contribution in [1.82, 2.24) is 9.78 Å². The Morgan fingerprint density at radius 1 is 1.64 bits per heavy atom. The number of nitrogen functional groups attached to an aromatic ring is 1. The molecule has 0 aliphatic heterocycles. The Morgan fingerprint density at radius 2 is 2.43 bits per heavy atom. The first-order chi connectivity index (χ1) is 6.70. The second-order valence-electron chi connectivity index (χ2n) is 2.91. The number of hydrogen-bond donors (Lipinski definition) is 1. The van der Waals surface area contributed by atoms with Gasteiger partial charge < -0.3 is 10.2 Å². The van der Waals surface area contributed by atoms with Crippen molar-refractivity contribution in [2.45, 2.75) is 0 Å². The molecular weight excluding hydrogens is 182 g/mol. The van der Waals surface area contributed by atoms with E-state index in [0.29, 0.717) is 16.9 Å². The molecule has 0 atom stereocenters. The van der Waals surface area contributed by atoms with Crippen LogP contribution in [0.5, 0.6) is 0 Å². The molecule has 0 saturated carbocycles. The molecular formula is C9H9N3O2. The number of carbonyl (C=O) groups is 1. The largest absolute Gasteiger partial charge is 0.472 e. The molecule has 0 amide bonds. The molecule has 0 fully saturated rings. The zero-order valence-corrected chi connectivity index (χ0v) is 7.60. The minimum Gasteiger partial charge on any atom is -0.472 e. The number of hydrogen-bond acceptors (Lipinski definition) is 4. The highest BCUT2D eigenvalue weighted by Crippen LogP contribution is 2.15. The number of anilines is 1. The Labute approximate surface area is 80.1 Å². The molecule has 0 aliphatic rings. The average Bonchev–Trinajstić information content (AvgIpc) is 2.77. The molecule has 2 heterocycles. The summed E-state index contributed by atoms with van der Waals surface area (Å²) >= 11 is 0. The van der Waals surface area contributed by atoms with Crippen molar-refractivity contribution in [1.29, 1.82) is 0 Å². The number of nitrogens with two attached hydrogens (primary N) is 1. The first kappa shape index (κ1) is 8.55. The SMILES string of the molecule is Cn1ncc(C(=O)c2ccoc2)c1N. The molecule has 5 heteroatoms. The van der Waals surface area contributed by atoms with Gasteiger partial charge in [0.2, 0.25) is 5.78 Å². The van der Waals surface area contributed by atoms with Crippen LogP contribution in [-0.4, -0.2) is 15.6 Å². The zero-order chi connectivity index (χ0) is 10.1. The molecule has 2 rings (SSSR count). The molecule has 2 aromatic rings. The number of furan rings is 1. The van der Waals surface area contributed by atoms with Crippen LogP contribution in [0.3, 0.4) is 0 Å². The fraction of sp³-hybridized carbons (Fsp3) is 0.111. The second-order valence-corrected chi connectivity index (χ2v) is 2.91. The molecule has 2 N–H and O–H groups in total. The van der Waals surface area contributed by atoms with Gasteiger partial charge in [-0.15, -0.1) is 0 Å². The van der Waals surface area contributed by atoms with Gasteiger partial charge in [-0.3, -0.25) is 9.48 Å². The summed E-state index contributed by atoms with van der Waals surface area (Å²) in [6.45, 7) is 0. The van der Waals surface area contributed by atoms with Crippen LogP contribution in [0.1, 0.15) is 15.9 Å². The van der Waals surface area contributed by atoms with Gasteiger partial charge in [0.1, 0.15) is 12.1 Å². The van der Waals surface area contributed by atoms with E-state index >= 15 is 0 Å². The predicted octanol–water partition coefficient (Wildman–Crippen LogP) is 0.826. The third-order valence-corrected chi connectivity index (χ3v) is 2.01. The number of ketones is 1. The third kappa shape index (κ3) is 1.19. The molecule has 0 aromatic carbocycles. The Morgan fingerprint density at radius 3 is 2.93 bits per heavy atom. The van der Waals surface area contributed by atoms with E-state index in [-0.39, 0.29) is 5.78 Å². The van der Waals surface area contributed by atoms with Crippen molar-refractivity contribution < 1.29 is 9.21 Å². The van der Waals surface area contributed by atoms with Crippen molar-refractivity contribution in [2.75, 3.05) is 5.73 Å². The van der Waals surface area contributed by atoms with Crippen LogP contribution in [0.2, 0.25) is 0 Å². The molecule has 0 bridgehead atoms. The Kier molecular flexibility index (Phi) is 1.85. The smallest absolute Gasteiger partial charge is 0.201 e. The van der Waals surface area contributed by atoms with Gasteiger partial charge in [0.05, 0.1) is 23.6 Å². The van der Waals surface area contributed by atoms with Crippen LogP contribution >= 0.6 is 0 Å². The standard InChI is InChI=1S/C9H9N3O2/c1-12-9(10)7(4-11-12)8(13)6-2-3-14-5-6/h2-5H,10H2,1H3. The fourth-order valence-corrected chi connectivity index (χ4v) is 1.17. The van der Waals surface area contributed by atoms with Crippen molar-refractivity contribution in [3.8, 4) is 0 Å². The molecule has 2 aromatic heterocycles. The van der Waals surface area contributed by atoms with Gasteiger partial charge in [-0.1, -0.05) is 0 Å². The summed E-state index contributed by atoms with van der Waals surface area (Å²) in [5, 5.41) is 3.89. The predicted molar refractivity (Wildman–Crippen MR) is 49.8 cm³/mol. The normalized spacial score (nSPS) is 10.4. The number of nitrogens with zero attached hydrogens (tertiary/aromatic N) is 2. The van der Waals surface area contributed by atoms with Crippen LogP contribution in [0.4, 0.5) is 5.82 Å². The summed E-state index contributed by atoms with van der Waals surface area (Å²) in [6, 6.07) is 1.59. The van der Waals surface area contributed by atoms with Gasteiger partial charge in [0, 0.05) is 7.05 Å². The molecule has 5 nitrogen and oxygen atoms in total. The van der Waals surface area contributed by atoms with Crippen LogP contribution in [0.15, 0.2) is 29.2 Å². The highest BCUT2D eigenvalue weighted by molar-refractivity contribution is 6.11. The number of aromatic nitrogens is 2. The number of carbonyl (C=O) groups excluding carboxylic acids is 1. The molecule has 0 unspecified atom stereocenters. The van der Waals surface area contributed by atoms with Gasteiger partial charge in [0.25, 0.3) is 0 Å². The molecule has 0 aliphatic carbocycles. The summed E-state index contributed by atoms with van der Waals surface area (Å²) in [6.07, 6.45) is 4.28.